The molecule has 0 heterocycles. The third-order valence-corrected chi connectivity index (χ3v) is 5.82. The van der Waals surface area contributed by atoms with Gasteiger partial charge in [0.05, 0.1) is 22.0 Å². The maximum absolute atomic E-state index is 13.1. The summed E-state index contributed by atoms with van der Waals surface area (Å²) in [6.07, 6.45) is 0. The molecule has 1 atom stereocenters. The van der Waals surface area contributed by atoms with E-state index in [1.54, 1.807) is 0 Å². The van der Waals surface area contributed by atoms with Crippen LogP contribution in [0.1, 0.15) is 15.9 Å². The molecular formula is C17H14ClFN2O8S. The fourth-order valence-corrected chi connectivity index (χ4v) is 4.38. The molecule has 2 aromatic carbocycles. The Morgan fingerprint density at radius 3 is 2.40 bits per heavy atom. The molecule has 10 nitrogen and oxygen atoms in total. The molecule has 0 aliphatic rings. The first-order valence-electron chi connectivity index (χ1n) is 8.05. The van der Waals surface area contributed by atoms with Crippen molar-refractivity contribution in [3.05, 3.63) is 68.5 Å². The van der Waals surface area contributed by atoms with Gasteiger partial charge in [-0.2, -0.15) is 0 Å². The molecule has 2 rings (SSSR count). The van der Waals surface area contributed by atoms with Crippen molar-refractivity contribution >= 4 is 44.8 Å². The van der Waals surface area contributed by atoms with Crippen molar-refractivity contribution < 1.29 is 37.5 Å². The predicted molar refractivity (Wildman–Crippen MR) is 104 cm³/mol. The monoisotopic (exact) mass is 460 g/mol. The molecule has 0 saturated heterocycles. The van der Waals surface area contributed by atoms with Gasteiger partial charge in [0.15, 0.2) is 9.84 Å². The first-order chi connectivity index (χ1) is 13.9. The average molecular weight is 461 g/mol. The third-order valence-electron chi connectivity index (χ3n) is 3.88. The highest BCUT2D eigenvalue weighted by atomic mass is 35.5. The summed E-state index contributed by atoms with van der Waals surface area (Å²) in [6, 6.07) is 3.96. The van der Waals surface area contributed by atoms with E-state index >= 15 is 0 Å². The summed E-state index contributed by atoms with van der Waals surface area (Å²) >= 11 is 5.80. The minimum Gasteiger partial charge on any atom is -0.480 e. The summed E-state index contributed by atoms with van der Waals surface area (Å²) in [5.41, 5.74) is -1.45. The number of benzene rings is 2. The highest BCUT2D eigenvalue weighted by Gasteiger charge is 2.29. The van der Waals surface area contributed by atoms with Crippen LogP contribution in [0.4, 0.5) is 15.8 Å². The van der Waals surface area contributed by atoms with Crippen molar-refractivity contribution in [2.75, 3.05) is 11.1 Å². The Labute approximate surface area is 174 Å². The van der Waals surface area contributed by atoms with E-state index in [0.717, 1.165) is 36.4 Å². The van der Waals surface area contributed by atoms with Crippen LogP contribution in [0, 0.1) is 15.9 Å². The summed E-state index contributed by atoms with van der Waals surface area (Å²) < 4.78 is 38.0. The molecule has 2 aromatic rings. The van der Waals surface area contributed by atoms with E-state index in [0.29, 0.717) is 0 Å². The van der Waals surface area contributed by atoms with Crippen LogP contribution >= 0.6 is 11.6 Å². The molecule has 0 radical (unpaired) electrons. The average Bonchev–Trinajstić information content (AvgIpc) is 2.63. The van der Waals surface area contributed by atoms with Crippen LogP contribution in [0.25, 0.3) is 0 Å². The number of carboxylic acid groups (broad SMARTS) is 2. The van der Waals surface area contributed by atoms with Gasteiger partial charge < -0.3 is 15.5 Å². The van der Waals surface area contributed by atoms with Gasteiger partial charge in [-0.05, 0) is 29.8 Å². The molecule has 0 unspecified atom stereocenters. The van der Waals surface area contributed by atoms with Crippen molar-refractivity contribution in [3.63, 3.8) is 0 Å². The minimum atomic E-state index is -4.10. The number of hydrogen-bond acceptors (Lipinski definition) is 7. The van der Waals surface area contributed by atoms with Crippen LogP contribution < -0.4 is 5.32 Å². The van der Waals surface area contributed by atoms with Crippen molar-refractivity contribution in [2.24, 2.45) is 0 Å². The molecule has 0 aliphatic heterocycles. The Kier molecular flexibility index (Phi) is 6.95. The summed E-state index contributed by atoms with van der Waals surface area (Å²) in [5, 5.41) is 31.6. The topological polar surface area (TPSA) is 164 Å². The largest absolute Gasteiger partial charge is 0.480 e. The molecule has 0 aromatic heterocycles. The summed E-state index contributed by atoms with van der Waals surface area (Å²) in [7, 11) is -4.10. The molecule has 0 saturated carbocycles. The number of nitro groups is 1. The van der Waals surface area contributed by atoms with Crippen LogP contribution in [0.5, 0.6) is 0 Å². The number of halogens is 2. The molecule has 0 amide bonds. The van der Waals surface area contributed by atoms with E-state index in [1.165, 1.54) is 0 Å². The molecule has 3 N–H and O–H groups in total. The Hall–Kier alpha value is -3.25. The van der Waals surface area contributed by atoms with E-state index in [-0.39, 0.29) is 16.3 Å². The van der Waals surface area contributed by atoms with E-state index in [2.05, 4.69) is 5.32 Å². The van der Waals surface area contributed by atoms with Crippen LogP contribution in [0.3, 0.4) is 0 Å². The summed E-state index contributed by atoms with van der Waals surface area (Å²) in [4.78, 5) is 32.8. The molecule has 13 heteroatoms. The second kappa shape index (κ2) is 9.05. The lowest BCUT2D eigenvalue weighted by atomic mass is 10.1. The van der Waals surface area contributed by atoms with Gasteiger partial charge in [0.2, 0.25) is 0 Å². The lowest BCUT2D eigenvalue weighted by Crippen LogP contribution is -2.37. The van der Waals surface area contributed by atoms with Gasteiger partial charge in [-0.1, -0.05) is 17.7 Å². The Morgan fingerprint density at radius 2 is 1.87 bits per heavy atom. The quantitative estimate of drug-likeness (QED) is 0.376. The molecular weight excluding hydrogens is 447 g/mol. The highest BCUT2D eigenvalue weighted by molar-refractivity contribution is 7.90. The van der Waals surface area contributed by atoms with Crippen LogP contribution in [0.2, 0.25) is 5.02 Å². The Morgan fingerprint density at radius 1 is 1.20 bits per heavy atom. The van der Waals surface area contributed by atoms with E-state index in [4.69, 9.17) is 16.7 Å². The van der Waals surface area contributed by atoms with Gasteiger partial charge in [0.1, 0.15) is 17.5 Å². The summed E-state index contributed by atoms with van der Waals surface area (Å²) in [5.74, 6) is -5.37. The van der Waals surface area contributed by atoms with E-state index in [1.807, 2.05) is 0 Å². The molecule has 0 aliphatic carbocycles. The number of rotatable bonds is 9. The molecule has 30 heavy (non-hydrogen) atoms. The first kappa shape index (κ1) is 23.0. The van der Waals surface area contributed by atoms with Gasteiger partial charge in [-0.3, -0.25) is 10.1 Å². The number of hydrogen-bond donors (Lipinski definition) is 3. The van der Waals surface area contributed by atoms with Crippen LogP contribution in [-0.4, -0.2) is 47.3 Å². The molecule has 160 valence electrons. The lowest BCUT2D eigenvalue weighted by molar-refractivity contribution is -0.384. The number of nitrogens with zero attached hydrogens (tertiary/aromatic N) is 1. The zero-order chi connectivity index (χ0) is 22.6. The Bertz CT molecular complexity index is 1120. The number of aliphatic carboxylic acids is 1. The number of carbonyl (C=O) groups is 2. The second-order valence-electron chi connectivity index (χ2n) is 6.12. The lowest BCUT2D eigenvalue weighted by Gasteiger charge is -2.16. The number of aromatic carboxylic acids is 1. The van der Waals surface area contributed by atoms with Crippen molar-refractivity contribution in [2.45, 2.75) is 11.8 Å². The fourth-order valence-electron chi connectivity index (χ4n) is 2.49. The number of nitrogens with one attached hydrogen (secondary N) is 1. The van der Waals surface area contributed by atoms with E-state index in [9.17, 15) is 37.6 Å². The maximum atomic E-state index is 13.1. The molecule has 0 fully saturated rings. The minimum absolute atomic E-state index is 0.0546. The van der Waals surface area contributed by atoms with Crippen molar-refractivity contribution in [1.29, 1.82) is 0 Å². The van der Waals surface area contributed by atoms with Gasteiger partial charge in [0, 0.05) is 11.1 Å². The SMILES string of the molecule is O=C(O)c1ccc(N[C@@H](CS(=O)(=O)Cc2ccc(F)cc2Cl)C(=O)O)c([N+](=O)[O-])c1. The maximum Gasteiger partial charge on any atom is 0.335 e. The zero-order valence-electron chi connectivity index (χ0n) is 14.9. The standard InChI is InChI=1S/C17H14ClFN2O8S/c18-12-6-11(19)3-1-10(12)7-30(28,29)8-14(17(24)25)20-13-4-2-9(16(22)23)5-15(13)21(26)27/h1-6,14,20H,7-8H2,(H,22,23)(H,24,25)/t14-/m0/s1. The second-order valence-corrected chi connectivity index (χ2v) is 8.64. The van der Waals surface area contributed by atoms with E-state index < -0.39 is 61.3 Å². The third kappa shape index (κ3) is 5.87. The molecule has 0 bridgehead atoms. The van der Waals surface area contributed by atoms with Gasteiger partial charge >= 0.3 is 11.9 Å². The number of carboxylic acids is 2. The fraction of sp³-hybridized carbons (Fsp3) is 0.176. The normalized spacial score (nSPS) is 12.2. The van der Waals surface area contributed by atoms with Gasteiger partial charge in [-0.15, -0.1) is 0 Å². The van der Waals surface area contributed by atoms with Gasteiger partial charge in [-0.25, -0.2) is 22.4 Å². The number of nitro benzene ring substituents is 1. The number of sulfone groups is 1. The van der Waals surface area contributed by atoms with Crippen molar-refractivity contribution in [3.8, 4) is 0 Å². The van der Waals surface area contributed by atoms with Crippen LogP contribution in [-0.2, 0) is 20.4 Å². The first-order valence-corrected chi connectivity index (χ1v) is 10.2. The Balaban J connectivity index is 2.29. The van der Waals surface area contributed by atoms with Crippen LogP contribution in [0.15, 0.2) is 36.4 Å². The summed E-state index contributed by atoms with van der Waals surface area (Å²) in [6.45, 7) is 0. The smallest absolute Gasteiger partial charge is 0.335 e. The number of anilines is 1. The molecule has 0 spiro atoms. The zero-order valence-corrected chi connectivity index (χ0v) is 16.5. The van der Waals surface area contributed by atoms with Gasteiger partial charge in [0.25, 0.3) is 5.69 Å². The highest BCUT2D eigenvalue weighted by Crippen LogP contribution is 2.27. The predicted octanol–water partition coefficient (Wildman–Crippen LogP) is 2.57. The van der Waals surface area contributed by atoms with Crippen molar-refractivity contribution in [1.82, 2.24) is 0 Å².